The highest BCUT2D eigenvalue weighted by molar-refractivity contribution is 4.41. The topological polar surface area (TPSA) is 80.9 Å². The first kappa shape index (κ1) is 12.5. The predicted octanol–water partition coefficient (Wildman–Crippen LogP) is -0.584. The summed E-state index contributed by atoms with van der Waals surface area (Å²) in [5.41, 5.74) is 0. The van der Waals surface area contributed by atoms with Crippen molar-refractivity contribution in [2.45, 2.75) is 32.7 Å². The molecule has 0 heterocycles. The highest BCUT2D eigenvalue weighted by atomic mass is 16.7. The first-order valence-electron chi connectivity index (χ1n) is 3.25. The van der Waals surface area contributed by atoms with Gasteiger partial charge in [0.2, 0.25) is 0 Å². The molecule has 0 amide bonds. The van der Waals surface area contributed by atoms with Crippen molar-refractivity contribution in [2.75, 3.05) is 6.61 Å². The lowest BCUT2D eigenvalue weighted by atomic mass is 10.3. The largest absolute Gasteiger partial charge is 0.397 e. The van der Waals surface area contributed by atoms with Gasteiger partial charge in [0.05, 0.1) is 0 Å². The molecule has 64 valence electrons. The molecule has 0 aromatic carbocycles. The van der Waals surface area contributed by atoms with Crippen LogP contribution in [0.2, 0.25) is 0 Å². The maximum atomic E-state index is 8.13. The van der Waals surface area contributed by atoms with Crippen LogP contribution in [0.25, 0.3) is 0 Å². The molecule has 0 rings (SSSR count). The average molecular weight is 152 g/mol. The van der Waals surface area contributed by atoms with E-state index in [1.807, 2.05) is 0 Å². The minimum atomic E-state index is -2.45. The van der Waals surface area contributed by atoms with Crippen molar-refractivity contribution in [1.82, 2.24) is 0 Å². The molecule has 0 unspecified atom stereocenters. The van der Waals surface area contributed by atoms with Crippen LogP contribution in [-0.2, 0) is 0 Å². The van der Waals surface area contributed by atoms with Crippen molar-refractivity contribution in [3.8, 4) is 0 Å². The summed E-state index contributed by atoms with van der Waals surface area (Å²) >= 11 is 0. The Kier molecular flexibility index (Phi) is 8.70. The molecule has 0 saturated heterocycles. The van der Waals surface area contributed by atoms with Crippen LogP contribution in [0.3, 0.4) is 0 Å². The Bertz CT molecular complexity index is 57.3. The predicted molar refractivity (Wildman–Crippen MR) is 37.1 cm³/mol. The fraction of sp³-hybridized carbons (Fsp3) is 1.00. The zero-order valence-electron chi connectivity index (χ0n) is 6.41. The molecule has 0 spiro atoms. The standard InChI is InChI=1S/C4H10O3.C2H6O/c1-2-3-4(5,6)7;1-2-3/h5-7H,2-3H2,1H3;3H,2H2,1H3. The molecule has 0 aliphatic rings. The van der Waals surface area contributed by atoms with Gasteiger partial charge in [-0.05, 0) is 13.3 Å². The number of rotatable bonds is 2. The molecule has 0 aromatic rings. The van der Waals surface area contributed by atoms with Crippen LogP contribution in [0.1, 0.15) is 26.7 Å². The fourth-order valence-electron chi connectivity index (χ4n) is 0.335. The van der Waals surface area contributed by atoms with Gasteiger partial charge < -0.3 is 20.4 Å². The van der Waals surface area contributed by atoms with Crippen LogP contribution >= 0.6 is 0 Å². The molecule has 0 aliphatic heterocycles. The van der Waals surface area contributed by atoms with E-state index in [0.717, 1.165) is 0 Å². The minimum absolute atomic E-state index is 0.00694. The quantitative estimate of drug-likeness (QED) is 0.399. The molecule has 0 bridgehead atoms. The van der Waals surface area contributed by atoms with Gasteiger partial charge in [0.1, 0.15) is 0 Å². The third-order valence-corrected chi connectivity index (χ3v) is 0.585. The Morgan fingerprint density at radius 2 is 1.40 bits per heavy atom. The Labute approximate surface area is 60.7 Å². The minimum Gasteiger partial charge on any atom is -0.397 e. The van der Waals surface area contributed by atoms with Gasteiger partial charge in [0, 0.05) is 13.0 Å². The lowest BCUT2D eigenvalue weighted by Gasteiger charge is -2.10. The van der Waals surface area contributed by atoms with Gasteiger partial charge in [-0.1, -0.05) is 6.92 Å². The first-order valence-corrected chi connectivity index (χ1v) is 3.25. The van der Waals surface area contributed by atoms with E-state index >= 15 is 0 Å². The zero-order valence-corrected chi connectivity index (χ0v) is 6.41. The van der Waals surface area contributed by atoms with E-state index < -0.39 is 5.97 Å². The van der Waals surface area contributed by atoms with Crippen molar-refractivity contribution in [2.24, 2.45) is 0 Å². The molecule has 0 atom stereocenters. The van der Waals surface area contributed by atoms with Gasteiger partial charge in [-0.2, -0.15) is 0 Å². The first-order chi connectivity index (χ1) is 4.47. The van der Waals surface area contributed by atoms with Crippen molar-refractivity contribution in [3.63, 3.8) is 0 Å². The second kappa shape index (κ2) is 6.95. The van der Waals surface area contributed by atoms with E-state index in [9.17, 15) is 0 Å². The summed E-state index contributed by atoms with van der Waals surface area (Å²) in [7, 11) is 0. The zero-order chi connectivity index (χ0) is 8.62. The Balaban J connectivity index is 0. The van der Waals surface area contributed by atoms with Crippen LogP contribution in [0.5, 0.6) is 0 Å². The lowest BCUT2D eigenvalue weighted by Crippen LogP contribution is -2.26. The van der Waals surface area contributed by atoms with Gasteiger partial charge in [-0.3, -0.25) is 0 Å². The second-order valence-electron chi connectivity index (χ2n) is 1.84. The Hall–Kier alpha value is -0.160. The van der Waals surface area contributed by atoms with E-state index in [1.54, 1.807) is 13.8 Å². The number of aliphatic hydroxyl groups is 4. The van der Waals surface area contributed by atoms with Gasteiger partial charge in [0.25, 0.3) is 5.97 Å². The highest BCUT2D eigenvalue weighted by Crippen LogP contribution is 2.01. The Morgan fingerprint density at radius 1 is 1.10 bits per heavy atom. The molecular formula is C6H16O4. The summed E-state index contributed by atoms with van der Waals surface area (Å²) in [6, 6.07) is 0. The lowest BCUT2D eigenvalue weighted by molar-refractivity contribution is -0.314. The van der Waals surface area contributed by atoms with Crippen molar-refractivity contribution < 1.29 is 20.4 Å². The van der Waals surface area contributed by atoms with Crippen LogP contribution in [0, 0.1) is 0 Å². The Morgan fingerprint density at radius 3 is 1.40 bits per heavy atom. The molecule has 0 aliphatic carbocycles. The van der Waals surface area contributed by atoms with E-state index in [2.05, 4.69) is 0 Å². The van der Waals surface area contributed by atoms with Gasteiger partial charge in [-0.25, -0.2) is 0 Å². The SMILES string of the molecule is CCCC(O)(O)O.CCO. The highest BCUT2D eigenvalue weighted by Gasteiger charge is 2.14. The molecule has 0 saturated carbocycles. The summed E-state index contributed by atoms with van der Waals surface area (Å²) in [6.45, 7) is 3.68. The molecule has 0 aromatic heterocycles. The second-order valence-corrected chi connectivity index (χ2v) is 1.84. The summed E-state index contributed by atoms with van der Waals surface area (Å²) in [6.07, 6.45) is 0.566. The molecule has 4 N–H and O–H groups in total. The summed E-state index contributed by atoms with van der Waals surface area (Å²) < 4.78 is 0. The van der Waals surface area contributed by atoms with Crippen LogP contribution < -0.4 is 0 Å². The fourth-order valence-corrected chi connectivity index (χ4v) is 0.335. The average Bonchev–Trinajstić information content (AvgIpc) is 1.63. The van der Waals surface area contributed by atoms with Crippen LogP contribution in [0.4, 0.5) is 0 Å². The third kappa shape index (κ3) is 24.9. The third-order valence-electron chi connectivity index (χ3n) is 0.585. The van der Waals surface area contributed by atoms with Gasteiger partial charge >= 0.3 is 0 Å². The smallest absolute Gasteiger partial charge is 0.275 e. The summed E-state index contributed by atoms with van der Waals surface area (Å²) in [5, 5.41) is 32.0. The van der Waals surface area contributed by atoms with Crippen molar-refractivity contribution in [1.29, 1.82) is 0 Å². The van der Waals surface area contributed by atoms with Crippen molar-refractivity contribution >= 4 is 0 Å². The molecule has 4 nitrogen and oxygen atoms in total. The number of aliphatic hydroxyl groups excluding tert-OH is 1. The molecule has 0 radical (unpaired) electrons. The van der Waals surface area contributed by atoms with Crippen molar-refractivity contribution in [3.05, 3.63) is 0 Å². The van der Waals surface area contributed by atoms with E-state index in [4.69, 9.17) is 20.4 Å². The maximum Gasteiger partial charge on any atom is 0.275 e. The number of hydrogen-bond donors (Lipinski definition) is 4. The van der Waals surface area contributed by atoms with Gasteiger partial charge in [-0.15, -0.1) is 0 Å². The van der Waals surface area contributed by atoms with Crippen LogP contribution in [0.15, 0.2) is 0 Å². The van der Waals surface area contributed by atoms with Crippen LogP contribution in [-0.4, -0.2) is 33.0 Å². The molecular weight excluding hydrogens is 136 g/mol. The van der Waals surface area contributed by atoms with E-state index in [-0.39, 0.29) is 13.0 Å². The van der Waals surface area contributed by atoms with E-state index in [0.29, 0.717) is 6.42 Å². The molecule has 0 fully saturated rings. The van der Waals surface area contributed by atoms with Gasteiger partial charge in [0.15, 0.2) is 0 Å². The molecule has 4 heteroatoms. The maximum absolute atomic E-state index is 8.13. The number of hydrogen-bond acceptors (Lipinski definition) is 4. The molecule has 10 heavy (non-hydrogen) atoms. The summed E-state index contributed by atoms with van der Waals surface area (Å²) in [4.78, 5) is 0. The normalized spacial score (nSPS) is 10.2. The monoisotopic (exact) mass is 152 g/mol. The summed E-state index contributed by atoms with van der Waals surface area (Å²) in [5.74, 6) is -2.45. The van der Waals surface area contributed by atoms with E-state index in [1.165, 1.54) is 0 Å².